The second kappa shape index (κ2) is 6.06. The van der Waals surface area contributed by atoms with Crippen molar-refractivity contribution in [3.05, 3.63) is 0 Å². The highest BCUT2D eigenvalue weighted by molar-refractivity contribution is 6.13. The van der Waals surface area contributed by atoms with E-state index in [9.17, 15) is 19.2 Å². The number of aldehydes is 1. The number of esters is 1. The van der Waals surface area contributed by atoms with Crippen molar-refractivity contribution in [1.82, 2.24) is 4.90 Å². The largest absolute Gasteiger partial charge is 0.467 e. The van der Waals surface area contributed by atoms with Gasteiger partial charge in [0.2, 0.25) is 11.4 Å². The molecule has 0 aliphatic carbocycles. The summed E-state index contributed by atoms with van der Waals surface area (Å²) in [4.78, 5) is 50.7. The number of imide groups is 1. The molecular formula is C16H23NO8. The van der Waals surface area contributed by atoms with Gasteiger partial charge in [-0.05, 0) is 27.7 Å². The van der Waals surface area contributed by atoms with Crippen LogP contribution >= 0.6 is 0 Å². The van der Waals surface area contributed by atoms with E-state index in [-0.39, 0.29) is 12.7 Å². The van der Waals surface area contributed by atoms with E-state index in [0.717, 1.165) is 7.11 Å². The fourth-order valence-electron chi connectivity index (χ4n) is 3.42. The lowest BCUT2D eigenvalue weighted by atomic mass is 9.77. The highest BCUT2D eigenvalue weighted by Crippen LogP contribution is 2.52. The first-order valence-electron chi connectivity index (χ1n) is 7.81. The molecule has 2 aliphatic heterocycles. The van der Waals surface area contributed by atoms with Gasteiger partial charge in [0.1, 0.15) is 11.2 Å². The van der Waals surface area contributed by atoms with Gasteiger partial charge in [0.05, 0.1) is 13.0 Å². The summed E-state index contributed by atoms with van der Waals surface area (Å²) in [6.45, 7) is 6.23. The second-order valence-electron chi connectivity index (χ2n) is 7.21. The van der Waals surface area contributed by atoms with Gasteiger partial charge in [0.25, 0.3) is 0 Å². The van der Waals surface area contributed by atoms with Crippen LogP contribution in [0.3, 0.4) is 0 Å². The third-order valence-electron chi connectivity index (χ3n) is 4.60. The summed E-state index contributed by atoms with van der Waals surface area (Å²) >= 11 is 0. The first kappa shape index (κ1) is 19.3. The number of carbonyl (C=O) groups is 4. The van der Waals surface area contributed by atoms with Crippen molar-refractivity contribution in [3.8, 4) is 0 Å². The summed E-state index contributed by atoms with van der Waals surface area (Å²) in [5, 5.41) is 0. The highest BCUT2D eigenvalue weighted by Gasteiger charge is 2.77. The van der Waals surface area contributed by atoms with E-state index in [1.807, 2.05) is 0 Å². The lowest BCUT2D eigenvalue weighted by Gasteiger charge is -2.39. The maximum atomic E-state index is 12.9. The zero-order valence-corrected chi connectivity index (χ0v) is 15.2. The number of hydrogen-bond donors (Lipinski definition) is 0. The van der Waals surface area contributed by atoms with Crippen LogP contribution in [0, 0.1) is 5.92 Å². The van der Waals surface area contributed by atoms with Crippen LogP contribution < -0.4 is 0 Å². The molecule has 4 atom stereocenters. The van der Waals surface area contributed by atoms with Crippen molar-refractivity contribution in [2.24, 2.45) is 5.92 Å². The standard InChI is InChI=1S/C16H23NO8/c1-14(2,3)25-13(21)17-11(19)9-7-10(22-5)24-15(9,4)16(17,8-18)12(20)23-6/h8-10H,7H2,1-6H3/t9-,10+,15-,16-/m0/s1. The molecule has 2 rings (SSSR count). The van der Waals surface area contributed by atoms with E-state index < -0.39 is 46.9 Å². The molecule has 0 aromatic heterocycles. The molecule has 0 saturated carbocycles. The number of amides is 2. The third-order valence-corrected chi connectivity index (χ3v) is 4.60. The van der Waals surface area contributed by atoms with Gasteiger partial charge >= 0.3 is 12.1 Å². The molecule has 2 saturated heterocycles. The molecule has 9 nitrogen and oxygen atoms in total. The molecule has 0 spiro atoms. The van der Waals surface area contributed by atoms with Crippen LogP contribution in [0.15, 0.2) is 0 Å². The predicted molar refractivity (Wildman–Crippen MR) is 82.3 cm³/mol. The average Bonchev–Trinajstić information content (AvgIpc) is 2.94. The Morgan fingerprint density at radius 3 is 2.36 bits per heavy atom. The van der Waals surface area contributed by atoms with Gasteiger partial charge in [-0.3, -0.25) is 9.59 Å². The minimum atomic E-state index is -2.29. The molecule has 0 bridgehead atoms. The number of nitrogens with zero attached hydrogens (tertiary/aromatic N) is 1. The normalized spacial score (nSPS) is 34.6. The number of methoxy groups -OCH3 is 2. The first-order chi connectivity index (χ1) is 11.5. The van der Waals surface area contributed by atoms with Gasteiger partial charge in [0.15, 0.2) is 12.6 Å². The fourth-order valence-corrected chi connectivity index (χ4v) is 3.42. The van der Waals surface area contributed by atoms with Crippen molar-refractivity contribution < 1.29 is 38.1 Å². The number of ether oxygens (including phenoxy) is 4. The van der Waals surface area contributed by atoms with E-state index in [1.165, 1.54) is 14.0 Å². The van der Waals surface area contributed by atoms with Gasteiger partial charge < -0.3 is 18.9 Å². The molecule has 2 amide bonds. The molecule has 0 unspecified atom stereocenters. The van der Waals surface area contributed by atoms with E-state index in [2.05, 4.69) is 0 Å². The summed E-state index contributed by atoms with van der Waals surface area (Å²) in [7, 11) is 2.44. The fraction of sp³-hybridized carbons (Fsp3) is 0.750. The van der Waals surface area contributed by atoms with Crippen LogP contribution in [0.4, 0.5) is 4.79 Å². The summed E-state index contributed by atoms with van der Waals surface area (Å²) in [6.07, 6.45) is -1.59. The average molecular weight is 357 g/mol. The van der Waals surface area contributed by atoms with Crippen LogP contribution in [0.2, 0.25) is 0 Å². The lowest BCUT2D eigenvalue weighted by molar-refractivity contribution is -0.196. The maximum absolute atomic E-state index is 12.9. The SMILES string of the molecule is COC(=O)[C@]1(C=O)N(C(=O)OC(C)(C)C)C(=O)[C@@H]2C[C@H](OC)O[C@@]21C. The van der Waals surface area contributed by atoms with E-state index in [4.69, 9.17) is 18.9 Å². The number of carbonyl (C=O) groups excluding carboxylic acids is 4. The molecule has 2 heterocycles. The summed E-state index contributed by atoms with van der Waals surface area (Å²) < 4.78 is 20.8. The monoisotopic (exact) mass is 357 g/mol. The Morgan fingerprint density at radius 1 is 1.32 bits per heavy atom. The Balaban J connectivity index is 2.60. The topological polar surface area (TPSA) is 108 Å². The smallest absolute Gasteiger partial charge is 0.418 e. The van der Waals surface area contributed by atoms with E-state index in [0.29, 0.717) is 4.90 Å². The zero-order valence-electron chi connectivity index (χ0n) is 15.2. The maximum Gasteiger partial charge on any atom is 0.418 e. The number of likely N-dealkylation sites (tertiary alicyclic amines) is 1. The highest BCUT2D eigenvalue weighted by atomic mass is 16.7. The molecule has 0 aromatic carbocycles. The third kappa shape index (κ3) is 2.62. The van der Waals surface area contributed by atoms with Crippen molar-refractivity contribution in [2.45, 2.75) is 57.1 Å². The van der Waals surface area contributed by atoms with Crippen LogP contribution in [0.1, 0.15) is 34.1 Å². The molecule has 0 radical (unpaired) electrons. The van der Waals surface area contributed by atoms with Crippen LogP contribution in [0.5, 0.6) is 0 Å². The second-order valence-corrected chi connectivity index (χ2v) is 7.21. The summed E-state index contributed by atoms with van der Waals surface area (Å²) in [6, 6.07) is 0. The zero-order chi connectivity index (χ0) is 19.2. The molecule has 2 fully saturated rings. The molecule has 25 heavy (non-hydrogen) atoms. The minimum Gasteiger partial charge on any atom is -0.467 e. The summed E-state index contributed by atoms with van der Waals surface area (Å²) in [5.74, 6) is -2.76. The van der Waals surface area contributed by atoms with Crippen molar-refractivity contribution in [2.75, 3.05) is 14.2 Å². The number of fused-ring (bicyclic) bond motifs is 1. The van der Waals surface area contributed by atoms with Crippen LogP contribution in [-0.2, 0) is 33.3 Å². The Kier molecular flexibility index (Phi) is 4.69. The number of hydrogen-bond acceptors (Lipinski definition) is 8. The van der Waals surface area contributed by atoms with Crippen molar-refractivity contribution in [3.63, 3.8) is 0 Å². The van der Waals surface area contributed by atoms with Gasteiger partial charge in [0, 0.05) is 13.5 Å². The number of rotatable bonds is 3. The van der Waals surface area contributed by atoms with Gasteiger partial charge in [-0.1, -0.05) is 0 Å². The Labute approximate surface area is 145 Å². The van der Waals surface area contributed by atoms with Gasteiger partial charge in [-0.25, -0.2) is 14.5 Å². The van der Waals surface area contributed by atoms with E-state index in [1.54, 1.807) is 20.8 Å². The predicted octanol–water partition coefficient (Wildman–Crippen LogP) is 0.642. The van der Waals surface area contributed by atoms with E-state index >= 15 is 0 Å². The van der Waals surface area contributed by atoms with Gasteiger partial charge in [-0.2, -0.15) is 0 Å². The Morgan fingerprint density at radius 2 is 1.92 bits per heavy atom. The molecule has 0 N–H and O–H groups in total. The van der Waals surface area contributed by atoms with Crippen LogP contribution in [-0.4, -0.2) is 66.4 Å². The van der Waals surface area contributed by atoms with Crippen LogP contribution in [0.25, 0.3) is 0 Å². The van der Waals surface area contributed by atoms with Crippen molar-refractivity contribution >= 4 is 24.3 Å². The summed E-state index contributed by atoms with van der Waals surface area (Å²) in [5.41, 5.74) is -4.85. The Bertz CT molecular complexity index is 612. The molecule has 9 heteroatoms. The molecule has 2 aliphatic rings. The molecule has 140 valence electrons. The molecular weight excluding hydrogens is 334 g/mol. The minimum absolute atomic E-state index is 0.0950. The lowest BCUT2D eigenvalue weighted by Crippen LogP contribution is -2.67. The molecule has 0 aromatic rings. The first-order valence-corrected chi connectivity index (χ1v) is 7.81. The van der Waals surface area contributed by atoms with Crippen molar-refractivity contribution in [1.29, 1.82) is 0 Å². The Hall–Kier alpha value is -2.00. The van der Waals surface area contributed by atoms with Gasteiger partial charge in [-0.15, -0.1) is 0 Å². The quantitative estimate of drug-likeness (QED) is 0.411.